The van der Waals surface area contributed by atoms with Crippen molar-refractivity contribution in [2.75, 3.05) is 5.32 Å². The van der Waals surface area contributed by atoms with Gasteiger partial charge >= 0.3 is 0 Å². The molecule has 0 aliphatic heterocycles. The molecule has 1 N–H and O–H groups in total. The molecule has 0 saturated carbocycles. The first-order chi connectivity index (χ1) is 11.1. The lowest BCUT2D eigenvalue weighted by Crippen LogP contribution is -2.15. The first-order valence-electron chi connectivity index (χ1n) is 7.07. The van der Waals surface area contributed by atoms with Gasteiger partial charge < -0.3 is 9.73 Å². The highest BCUT2D eigenvalue weighted by Gasteiger charge is 2.14. The molecule has 0 spiro atoms. The maximum atomic E-state index is 12.1. The van der Waals surface area contributed by atoms with Crippen molar-refractivity contribution < 1.29 is 9.21 Å². The molecule has 0 bridgehead atoms. The molecule has 0 radical (unpaired) electrons. The van der Waals surface area contributed by atoms with Gasteiger partial charge in [-0.1, -0.05) is 17.7 Å². The molecule has 0 fully saturated rings. The van der Waals surface area contributed by atoms with E-state index in [2.05, 4.69) is 25.5 Å². The fourth-order valence-electron chi connectivity index (χ4n) is 2.12. The van der Waals surface area contributed by atoms with Crippen LogP contribution in [0.15, 0.2) is 41.2 Å². The van der Waals surface area contributed by atoms with Crippen LogP contribution in [0.2, 0.25) is 0 Å². The number of amides is 1. The molecule has 0 aliphatic carbocycles. The number of hydrogen-bond donors (Lipinski definition) is 1. The summed E-state index contributed by atoms with van der Waals surface area (Å²) < 4.78 is 5.44. The fourth-order valence-corrected chi connectivity index (χ4v) is 2.12. The lowest BCUT2D eigenvalue weighted by atomic mass is 10.1. The number of carbonyl (C=O) groups is 1. The smallest absolute Gasteiger partial charge is 0.267 e. The number of aryl methyl sites for hydroxylation is 2. The monoisotopic (exact) mass is 309 g/mol. The summed E-state index contributed by atoms with van der Waals surface area (Å²) in [5, 5.41) is 10.6. The number of carbonyl (C=O) groups excluding carboxylic acids is 1. The first-order valence-corrected chi connectivity index (χ1v) is 7.07. The van der Waals surface area contributed by atoms with Crippen LogP contribution in [0.25, 0.3) is 11.6 Å². The molecule has 2 heterocycles. The summed E-state index contributed by atoms with van der Waals surface area (Å²) in [6, 6.07) is 5.83. The van der Waals surface area contributed by atoms with Gasteiger partial charge in [0.15, 0.2) is 0 Å². The van der Waals surface area contributed by atoms with E-state index in [-0.39, 0.29) is 24.1 Å². The van der Waals surface area contributed by atoms with E-state index >= 15 is 0 Å². The van der Waals surface area contributed by atoms with E-state index in [4.69, 9.17) is 4.42 Å². The number of aromatic nitrogens is 4. The minimum Gasteiger partial charge on any atom is -0.419 e. The highest BCUT2D eigenvalue weighted by molar-refractivity contribution is 5.92. The number of rotatable bonds is 4. The molecular formula is C16H15N5O2. The molecule has 7 nitrogen and oxygen atoms in total. The Kier molecular flexibility index (Phi) is 4.09. The zero-order valence-corrected chi connectivity index (χ0v) is 12.8. The number of anilines is 1. The Hall–Kier alpha value is -3.09. The lowest BCUT2D eigenvalue weighted by molar-refractivity contribution is -0.115. The van der Waals surface area contributed by atoms with Gasteiger partial charge in [-0.25, -0.2) is 4.98 Å². The van der Waals surface area contributed by atoms with Crippen molar-refractivity contribution in [1.29, 1.82) is 0 Å². The van der Waals surface area contributed by atoms with E-state index in [1.54, 1.807) is 6.20 Å². The molecule has 3 aromatic rings. The molecular weight excluding hydrogens is 294 g/mol. The van der Waals surface area contributed by atoms with Crippen LogP contribution in [0, 0.1) is 13.8 Å². The molecule has 1 amide bonds. The molecule has 3 rings (SSSR count). The van der Waals surface area contributed by atoms with Crippen molar-refractivity contribution in [2.45, 2.75) is 20.3 Å². The van der Waals surface area contributed by atoms with Gasteiger partial charge in [-0.05, 0) is 25.5 Å². The summed E-state index contributed by atoms with van der Waals surface area (Å²) in [5.74, 6) is 0.256. The summed E-state index contributed by atoms with van der Waals surface area (Å²) in [6.07, 6.45) is 4.61. The van der Waals surface area contributed by atoms with Gasteiger partial charge in [0.1, 0.15) is 12.1 Å². The zero-order chi connectivity index (χ0) is 16.2. The summed E-state index contributed by atoms with van der Waals surface area (Å²) in [5.41, 5.74) is 3.39. The quantitative estimate of drug-likeness (QED) is 0.795. The Bertz CT molecular complexity index is 829. The minimum atomic E-state index is -0.216. The van der Waals surface area contributed by atoms with Gasteiger partial charge in [-0.3, -0.25) is 9.78 Å². The van der Waals surface area contributed by atoms with E-state index in [0.717, 1.165) is 16.8 Å². The average Bonchev–Trinajstić information content (AvgIpc) is 2.99. The summed E-state index contributed by atoms with van der Waals surface area (Å²) in [6.45, 7) is 3.95. The maximum absolute atomic E-state index is 12.1. The molecule has 0 unspecified atom stereocenters. The largest absolute Gasteiger partial charge is 0.419 e. The molecule has 1 aromatic carbocycles. The predicted molar refractivity (Wildman–Crippen MR) is 83.6 cm³/mol. The number of hydrogen-bond acceptors (Lipinski definition) is 6. The van der Waals surface area contributed by atoms with Crippen LogP contribution in [0.3, 0.4) is 0 Å². The van der Waals surface area contributed by atoms with Crippen LogP contribution < -0.4 is 5.32 Å². The van der Waals surface area contributed by atoms with Gasteiger partial charge in [0.05, 0.1) is 6.20 Å². The Morgan fingerprint density at radius 2 is 2.09 bits per heavy atom. The fraction of sp³-hybridized carbons (Fsp3) is 0.188. The van der Waals surface area contributed by atoms with Crippen molar-refractivity contribution in [3.8, 4) is 11.6 Å². The maximum Gasteiger partial charge on any atom is 0.267 e. The average molecular weight is 309 g/mol. The molecule has 0 aliphatic rings. The van der Waals surface area contributed by atoms with Gasteiger partial charge in [-0.2, -0.15) is 0 Å². The van der Waals surface area contributed by atoms with Crippen molar-refractivity contribution in [2.24, 2.45) is 0 Å². The first kappa shape index (κ1) is 14.8. The standard InChI is InChI=1S/C16H15N5O2/c1-10-3-4-12(11(2)7-10)19-14(22)8-15-20-21-16(23-15)13-9-17-5-6-18-13/h3-7,9H,8H2,1-2H3,(H,19,22). The van der Waals surface area contributed by atoms with E-state index < -0.39 is 0 Å². The van der Waals surface area contributed by atoms with Gasteiger partial charge in [0, 0.05) is 18.1 Å². The van der Waals surface area contributed by atoms with Gasteiger partial charge in [0.2, 0.25) is 11.8 Å². The molecule has 0 saturated heterocycles. The van der Waals surface area contributed by atoms with Crippen LogP contribution in [-0.2, 0) is 11.2 Å². The molecule has 23 heavy (non-hydrogen) atoms. The normalized spacial score (nSPS) is 10.5. The van der Waals surface area contributed by atoms with Crippen LogP contribution in [0.4, 0.5) is 5.69 Å². The second kappa shape index (κ2) is 6.35. The van der Waals surface area contributed by atoms with Crippen molar-refractivity contribution in [1.82, 2.24) is 20.2 Å². The summed E-state index contributed by atoms with van der Waals surface area (Å²) >= 11 is 0. The lowest BCUT2D eigenvalue weighted by Gasteiger charge is -2.07. The third-order valence-corrected chi connectivity index (χ3v) is 3.22. The second-order valence-corrected chi connectivity index (χ2v) is 5.13. The van der Waals surface area contributed by atoms with E-state index in [1.165, 1.54) is 12.4 Å². The second-order valence-electron chi connectivity index (χ2n) is 5.13. The third kappa shape index (κ3) is 3.57. The van der Waals surface area contributed by atoms with E-state index in [9.17, 15) is 4.79 Å². The SMILES string of the molecule is Cc1ccc(NC(=O)Cc2nnc(-c3cnccn3)o2)c(C)c1. The predicted octanol–water partition coefficient (Wildman–Crippen LogP) is 2.32. The van der Waals surface area contributed by atoms with Crippen molar-refractivity contribution in [3.63, 3.8) is 0 Å². The summed E-state index contributed by atoms with van der Waals surface area (Å²) in [7, 11) is 0. The number of nitrogens with zero attached hydrogens (tertiary/aromatic N) is 4. The summed E-state index contributed by atoms with van der Waals surface area (Å²) in [4.78, 5) is 20.1. The van der Waals surface area contributed by atoms with Crippen LogP contribution in [0.1, 0.15) is 17.0 Å². The van der Waals surface area contributed by atoms with E-state index in [0.29, 0.717) is 5.69 Å². The Balaban J connectivity index is 1.68. The van der Waals surface area contributed by atoms with Crippen molar-refractivity contribution >= 4 is 11.6 Å². The highest BCUT2D eigenvalue weighted by Crippen LogP contribution is 2.17. The molecule has 0 atom stereocenters. The minimum absolute atomic E-state index is 0.000574. The number of benzene rings is 1. The highest BCUT2D eigenvalue weighted by atomic mass is 16.4. The Labute approximate surface area is 132 Å². The Morgan fingerprint density at radius 3 is 2.83 bits per heavy atom. The Morgan fingerprint density at radius 1 is 1.22 bits per heavy atom. The zero-order valence-electron chi connectivity index (χ0n) is 12.8. The van der Waals surface area contributed by atoms with E-state index in [1.807, 2.05) is 32.0 Å². The van der Waals surface area contributed by atoms with Gasteiger partial charge in [-0.15, -0.1) is 10.2 Å². The molecule has 116 valence electrons. The van der Waals surface area contributed by atoms with Crippen LogP contribution in [-0.4, -0.2) is 26.1 Å². The third-order valence-electron chi connectivity index (χ3n) is 3.22. The van der Waals surface area contributed by atoms with Gasteiger partial charge in [0.25, 0.3) is 5.89 Å². The molecule has 7 heteroatoms. The number of nitrogens with one attached hydrogen (secondary N) is 1. The topological polar surface area (TPSA) is 93.8 Å². The molecule has 2 aromatic heterocycles. The van der Waals surface area contributed by atoms with Crippen LogP contribution >= 0.6 is 0 Å². The van der Waals surface area contributed by atoms with Crippen molar-refractivity contribution in [3.05, 3.63) is 53.8 Å². The van der Waals surface area contributed by atoms with Crippen LogP contribution in [0.5, 0.6) is 0 Å².